The van der Waals surface area contributed by atoms with Crippen LogP contribution in [0.15, 0.2) is 30.3 Å². The number of aryl methyl sites for hydroxylation is 1. The first-order valence-electron chi connectivity index (χ1n) is 9.07. The van der Waals surface area contributed by atoms with Gasteiger partial charge >= 0.3 is 0 Å². The number of aromatic nitrogens is 3. The Labute approximate surface area is 157 Å². The zero-order valence-electron chi connectivity index (χ0n) is 15.7. The zero-order chi connectivity index (χ0) is 19.1. The summed E-state index contributed by atoms with van der Waals surface area (Å²) < 4.78 is 15.1. The molecule has 6 nitrogen and oxygen atoms in total. The number of rotatable bonds is 2. The van der Waals surface area contributed by atoms with Crippen LogP contribution in [-0.2, 0) is 4.79 Å². The first-order valence-corrected chi connectivity index (χ1v) is 9.07. The highest BCUT2D eigenvalue weighted by atomic mass is 19.1. The van der Waals surface area contributed by atoms with Crippen molar-refractivity contribution in [2.24, 2.45) is 0 Å². The standard InChI is InChI=1S/C20H22FN5O/c1-13-14(2)22-19-12-18(16-4-6-17(21)7-5-16)23-26(19)20(13)25-10-8-24(9-11-25)15(3)27/h4-7,12H,8-11H2,1-3H3. The Bertz CT molecular complexity index is 1000. The largest absolute Gasteiger partial charge is 0.353 e. The van der Waals surface area contributed by atoms with Gasteiger partial charge in [0.1, 0.15) is 11.6 Å². The van der Waals surface area contributed by atoms with Gasteiger partial charge in [0.15, 0.2) is 5.65 Å². The summed E-state index contributed by atoms with van der Waals surface area (Å²) in [6.45, 7) is 8.56. The summed E-state index contributed by atoms with van der Waals surface area (Å²) >= 11 is 0. The van der Waals surface area contributed by atoms with E-state index in [4.69, 9.17) is 5.10 Å². The molecule has 1 aromatic carbocycles. The third kappa shape index (κ3) is 3.13. The molecule has 0 atom stereocenters. The minimum Gasteiger partial charge on any atom is -0.353 e. The molecule has 0 spiro atoms. The van der Waals surface area contributed by atoms with Gasteiger partial charge in [-0.2, -0.15) is 9.61 Å². The van der Waals surface area contributed by atoms with E-state index in [1.807, 2.05) is 29.3 Å². The van der Waals surface area contributed by atoms with Gasteiger partial charge in [0.05, 0.1) is 5.69 Å². The average molecular weight is 367 g/mol. The summed E-state index contributed by atoms with van der Waals surface area (Å²) in [5, 5.41) is 4.75. The number of halogens is 1. The maximum Gasteiger partial charge on any atom is 0.219 e. The molecule has 1 saturated heterocycles. The predicted octanol–water partition coefficient (Wildman–Crippen LogP) is 2.82. The van der Waals surface area contributed by atoms with Gasteiger partial charge in [-0.1, -0.05) is 0 Å². The molecule has 0 saturated carbocycles. The molecule has 4 rings (SSSR count). The van der Waals surface area contributed by atoms with E-state index in [1.165, 1.54) is 12.1 Å². The molecule has 1 amide bonds. The second kappa shape index (κ2) is 6.64. The van der Waals surface area contributed by atoms with Crippen molar-refractivity contribution < 1.29 is 9.18 Å². The second-order valence-corrected chi connectivity index (χ2v) is 6.95. The van der Waals surface area contributed by atoms with Crippen LogP contribution in [0.4, 0.5) is 10.2 Å². The van der Waals surface area contributed by atoms with E-state index in [-0.39, 0.29) is 11.7 Å². The Balaban J connectivity index is 1.76. The van der Waals surface area contributed by atoms with Crippen molar-refractivity contribution in [2.45, 2.75) is 20.8 Å². The van der Waals surface area contributed by atoms with Gasteiger partial charge in [-0.15, -0.1) is 0 Å². The van der Waals surface area contributed by atoms with Crippen LogP contribution >= 0.6 is 0 Å². The van der Waals surface area contributed by atoms with E-state index in [9.17, 15) is 9.18 Å². The van der Waals surface area contributed by atoms with Crippen LogP contribution in [0.5, 0.6) is 0 Å². The fraction of sp³-hybridized carbons (Fsp3) is 0.350. The third-order valence-corrected chi connectivity index (χ3v) is 5.22. The Morgan fingerprint density at radius 3 is 2.37 bits per heavy atom. The highest BCUT2D eigenvalue weighted by molar-refractivity contribution is 5.73. The van der Waals surface area contributed by atoms with Crippen LogP contribution in [0.3, 0.4) is 0 Å². The van der Waals surface area contributed by atoms with Crippen molar-refractivity contribution in [1.82, 2.24) is 19.5 Å². The van der Waals surface area contributed by atoms with Crippen molar-refractivity contribution in [3.05, 3.63) is 47.4 Å². The van der Waals surface area contributed by atoms with Crippen molar-refractivity contribution >= 4 is 17.4 Å². The van der Waals surface area contributed by atoms with Crippen LogP contribution in [0.2, 0.25) is 0 Å². The van der Waals surface area contributed by atoms with E-state index in [2.05, 4.69) is 9.88 Å². The number of piperazine rings is 1. The Morgan fingerprint density at radius 2 is 1.74 bits per heavy atom. The fourth-order valence-electron chi connectivity index (χ4n) is 3.55. The van der Waals surface area contributed by atoms with Gasteiger partial charge in [0.2, 0.25) is 5.91 Å². The maximum absolute atomic E-state index is 13.2. The molecule has 27 heavy (non-hydrogen) atoms. The zero-order valence-corrected chi connectivity index (χ0v) is 15.7. The minimum absolute atomic E-state index is 0.111. The van der Waals surface area contributed by atoms with E-state index in [0.717, 1.165) is 47.1 Å². The fourth-order valence-corrected chi connectivity index (χ4v) is 3.55. The highest BCUT2D eigenvalue weighted by Gasteiger charge is 2.24. The highest BCUT2D eigenvalue weighted by Crippen LogP contribution is 2.27. The maximum atomic E-state index is 13.2. The lowest BCUT2D eigenvalue weighted by Crippen LogP contribution is -2.48. The summed E-state index contributed by atoms with van der Waals surface area (Å²) in [6, 6.07) is 8.25. The van der Waals surface area contributed by atoms with Gasteiger partial charge in [-0.25, -0.2) is 9.37 Å². The number of benzene rings is 1. The SMILES string of the molecule is CC(=O)N1CCN(c2c(C)c(C)nc3cc(-c4ccc(F)cc4)nn23)CC1. The number of hydrogen-bond acceptors (Lipinski definition) is 4. The Kier molecular flexibility index (Phi) is 4.30. The van der Waals surface area contributed by atoms with Crippen molar-refractivity contribution in [3.8, 4) is 11.3 Å². The molecule has 3 heterocycles. The third-order valence-electron chi connectivity index (χ3n) is 5.22. The summed E-state index contributed by atoms with van der Waals surface area (Å²) in [5.41, 5.74) is 4.41. The Morgan fingerprint density at radius 1 is 1.07 bits per heavy atom. The molecule has 7 heteroatoms. The first-order chi connectivity index (χ1) is 12.9. The smallest absolute Gasteiger partial charge is 0.219 e. The van der Waals surface area contributed by atoms with E-state index in [1.54, 1.807) is 19.1 Å². The second-order valence-electron chi connectivity index (χ2n) is 6.95. The number of nitrogens with zero attached hydrogens (tertiary/aromatic N) is 5. The molecule has 0 aliphatic carbocycles. The number of hydrogen-bond donors (Lipinski definition) is 0. The summed E-state index contributed by atoms with van der Waals surface area (Å²) in [6.07, 6.45) is 0. The molecule has 140 valence electrons. The lowest BCUT2D eigenvalue weighted by atomic mass is 10.1. The summed E-state index contributed by atoms with van der Waals surface area (Å²) in [7, 11) is 0. The Hall–Kier alpha value is -2.96. The number of carbonyl (C=O) groups excluding carboxylic acids is 1. The molecule has 1 fully saturated rings. The van der Waals surface area contributed by atoms with Crippen LogP contribution in [-0.4, -0.2) is 51.6 Å². The van der Waals surface area contributed by atoms with Gasteiger partial charge in [0.25, 0.3) is 0 Å². The summed E-state index contributed by atoms with van der Waals surface area (Å²) in [5.74, 6) is 0.852. The molecular formula is C20H22FN5O. The predicted molar refractivity (Wildman–Crippen MR) is 102 cm³/mol. The van der Waals surface area contributed by atoms with Gasteiger partial charge in [0, 0.05) is 56.0 Å². The van der Waals surface area contributed by atoms with E-state index < -0.39 is 0 Å². The first kappa shape index (κ1) is 17.5. The number of amides is 1. The lowest BCUT2D eigenvalue weighted by Gasteiger charge is -2.36. The van der Waals surface area contributed by atoms with Crippen LogP contribution in [0.25, 0.3) is 16.9 Å². The normalized spacial score (nSPS) is 14.8. The average Bonchev–Trinajstić information content (AvgIpc) is 3.06. The molecule has 3 aromatic rings. The topological polar surface area (TPSA) is 53.7 Å². The molecule has 0 bridgehead atoms. The van der Waals surface area contributed by atoms with Gasteiger partial charge in [-0.3, -0.25) is 4.79 Å². The molecule has 2 aromatic heterocycles. The number of fused-ring (bicyclic) bond motifs is 1. The molecule has 1 aliphatic heterocycles. The lowest BCUT2D eigenvalue weighted by molar-refractivity contribution is -0.129. The van der Waals surface area contributed by atoms with Crippen molar-refractivity contribution in [3.63, 3.8) is 0 Å². The van der Waals surface area contributed by atoms with Crippen molar-refractivity contribution in [1.29, 1.82) is 0 Å². The summed E-state index contributed by atoms with van der Waals surface area (Å²) in [4.78, 5) is 20.4. The van der Waals surface area contributed by atoms with Gasteiger partial charge < -0.3 is 9.80 Å². The quantitative estimate of drug-likeness (QED) is 0.699. The van der Waals surface area contributed by atoms with Crippen LogP contribution < -0.4 is 4.90 Å². The van der Waals surface area contributed by atoms with Crippen LogP contribution in [0.1, 0.15) is 18.2 Å². The van der Waals surface area contributed by atoms with Gasteiger partial charge in [-0.05, 0) is 38.1 Å². The monoisotopic (exact) mass is 367 g/mol. The number of carbonyl (C=O) groups is 1. The number of anilines is 1. The molecule has 0 radical (unpaired) electrons. The van der Waals surface area contributed by atoms with E-state index in [0.29, 0.717) is 13.1 Å². The van der Waals surface area contributed by atoms with E-state index >= 15 is 0 Å². The molecular weight excluding hydrogens is 345 g/mol. The molecule has 0 unspecified atom stereocenters. The minimum atomic E-state index is -0.267. The van der Waals surface area contributed by atoms with Crippen molar-refractivity contribution in [2.75, 3.05) is 31.1 Å². The molecule has 0 N–H and O–H groups in total. The van der Waals surface area contributed by atoms with Crippen LogP contribution in [0, 0.1) is 19.7 Å². The molecule has 1 aliphatic rings.